The summed E-state index contributed by atoms with van der Waals surface area (Å²) < 4.78 is 16.0. The summed E-state index contributed by atoms with van der Waals surface area (Å²) in [5.74, 6) is 0.273. The molecule has 3 heterocycles. The number of allylic oxidation sites excluding steroid dienone is 1. The van der Waals surface area contributed by atoms with E-state index in [2.05, 4.69) is 5.43 Å². The second-order valence-electron chi connectivity index (χ2n) is 7.01. The summed E-state index contributed by atoms with van der Waals surface area (Å²) in [6, 6.07) is 8.63. The normalized spacial score (nSPS) is 19.7. The van der Waals surface area contributed by atoms with Crippen molar-refractivity contribution < 1.29 is 23.9 Å². The predicted octanol–water partition coefficient (Wildman–Crippen LogP) is 2.84. The van der Waals surface area contributed by atoms with Crippen molar-refractivity contribution in [3.63, 3.8) is 0 Å². The summed E-state index contributed by atoms with van der Waals surface area (Å²) in [6.45, 7) is 2.39. The predicted molar refractivity (Wildman–Crippen MR) is 119 cm³/mol. The Morgan fingerprint density at radius 3 is 2.72 bits per heavy atom. The number of hydrogen-bond acceptors (Lipinski definition) is 10. The number of aliphatic imine (C=N–C) groups is 1. The number of nitrogens with one attached hydrogen (secondary N) is 1. The van der Waals surface area contributed by atoms with Crippen LogP contribution in [-0.4, -0.2) is 55.2 Å². The number of carbonyl (C=O) groups excluding carboxylic acids is 1. The van der Waals surface area contributed by atoms with Crippen molar-refractivity contribution in [2.45, 2.75) is 13.1 Å². The summed E-state index contributed by atoms with van der Waals surface area (Å²) in [5, 5.41) is 13.0. The summed E-state index contributed by atoms with van der Waals surface area (Å²) in [5.41, 5.74) is 5.36. The average molecular weight is 458 g/mol. The molecule has 0 amide bonds. The van der Waals surface area contributed by atoms with Crippen LogP contribution < -0.4 is 14.9 Å². The van der Waals surface area contributed by atoms with Gasteiger partial charge in [0.1, 0.15) is 5.92 Å². The van der Waals surface area contributed by atoms with Gasteiger partial charge in [0.25, 0.3) is 0 Å². The van der Waals surface area contributed by atoms with Crippen molar-refractivity contribution in [1.82, 2.24) is 10.4 Å². The molecule has 168 valence electrons. The molecule has 0 saturated carbocycles. The molecule has 2 atom stereocenters. The topological polar surface area (TPSA) is 116 Å². The standard InChI is InChI=1S/C21H22N4O6S/c1-4-31-21(26)13-11-22-24-15(12-5-6-16(29-2)17(9-12)30-3)10-14(23-20(13)24)18-7-8-19(32-18)25(27)28/h5-10,13,20,22H,4,11H2,1-3H3. The monoisotopic (exact) mass is 458 g/mol. The number of fused-ring (bicyclic) bond motifs is 1. The third kappa shape index (κ3) is 3.92. The molecule has 4 rings (SSSR count). The lowest BCUT2D eigenvalue weighted by Crippen LogP contribution is -2.40. The highest BCUT2D eigenvalue weighted by Gasteiger charge is 2.43. The van der Waals surface area contributed by atoms with Gasteiger partial charge in [0.2, 0.25) is 0 Å². The Bertz CT molecular complexity index is 1110. The molecule has 1 saturated heterocycles. The van der Waals surface area contributed by atoms with E-state index in [0.717, 1.165) is 22.6 Å². The van der Waals surface area contributed by atoms with Crippen LogP contribution in [0.3, 0.4) is 0 Å². The number of esters is 1. The second-order valence-corrected chi connectivity index (χ2v) is 8.08. The minimum atomic E-state index is -0.557. The Balaban J connectivity index is 1.79. The van der Waals surface area contributed by atoms with Gasteiger partial charge in [0, 0.05) is 18.2 Å². The molecule has 32 heavy (non-hydrogen) atoms. The molecule has 0 aliphatic carbocycles. The molecule has 2 aliphatic rings. The smallest absolute Gasteiger partial charge is 0.324 e. The molecule has 0 bridgehead atoms. The molecule has 11 heteroatoms. The number of methoxy groups -OCH3 is 2. The number of ether oxygens (including phenoxy) is 3. The van der Waals surface area contributed by atoms with Gasteiger partial charge in [-0.1, -0.05) is 11.3 Å². The van der Waals surface area contributed by atoms with Gasteiger partial charge in [-0.05, 0) is 37.3 Å². The van der Waals surface area contributed by atoms with Crippen LogP contribution in [0.15, 0.2) is 41.4 Å². The Morgan fingerprint density at radius 1 is 1.28 bits per heavy atom. The minimum Gasteiger partial charge on any atom is -0.493 e. The van der Waals surface area contributed by atoms with E-state index in [1.807, 2.05) is 23.2 Å². The van der Waals surface area contributed by atoms with Crippen LogP contribution in [0.1, 0.15) is 17.4 Å². The zero-order chi connectivity index (χ0) is 22.8. The van der Waals surface area contributed by atoms with Crippen molar-refractivity contribution in [2.75, 3.05) is 27.4 Å². The Hall–Kier alpha value is -3.44. The lowest BCUT2D eigenvalue weighted by Gasteiger charge is -2.31. The van der Waals surface area contributed by atoms with E-state index in [4.69, 9.17) is 19.2 Å². The highest BCUT2D eigenvalue weighted by molar-refractivity contribution is 7.17. The highest BCUT2D eigenvalue weighted by atomic mass is 32.1. The second kappa shape index (κ2) is 8.97. The number of hydrazine groups is 1. The molecule has 0 radical (unpaired) electrons. The van der Waals surface area contributed by atoms with Crippen LogP contribution in [0.2, 0.25) is 0 Å². The number of nitrogens with zero attached hydrogens (tertiary/aromatic N) is 3. The number of hydrogen-bond donors (Lipinski definition) is 1. The number of rotatable bonds is 7. The van der Waals surface area contributed by atoms with Gasteiger partial charge in [-0.25, -0.2) is 5.43 Å². The molecule has 1 N–H and O–H groups in total. The SMILES string of the molecule is CCOC(=O)C1CNN2C(c3ccc(OC)c(OC)c3)=CC(c3ccc([N+](=O)[O-])s3)=NC12. The average Bonchev–Trinajstić information content (AvgIpc) is 3.45. The van der Waals surface area contributed by atoms with Crippen molar-refractivity contribution in [1.29, 1.82) is 0 Å². The Labute approximate surface area is 188 Å². The largest absolute Gasteiger partial charge is 0.493 e. The van der Waals surface area contributed by atoms with Crippen LogP contribution >= 0.6 is 11.3 Å². The molecule has 2 aromatic rings. The maximum Gasteiger partial charge on any atom is 0.324 e. The molecule has 10 nitrogen and oxygen atoms in total. The molecule has 2 aliphatic heterocycles. The number of thiophene rings is 1. The van der Waals surface area contributed by atoms with E-state index in [0.29, 0.717) is 28.6 Å². The number of carbonyl (C=O) groups is 1. The van der Waals surface area contributed by atoms with Crippen LogP contribution in [0, 0.1) is 16.0 Å². The zero-order valence-electron chi connectivity index (χ0n) is 17.7. The maximum atomic E-state index is 12.6. The zero-order valence-corrected chi connectivity index (χ0v) is 18.5. The van der Waals surface area contributed by atoms with Gasteiger partial charge < -0.3 is 14.2 Å². The van der Waals surface area contributed by atoms with Gasteiger partial charge >= 0.3 is 11.0 Å². The summed E-state index contributed by atoms with van der Waals surface area (Å²) in [6.07, 6.45) is 1.28. The Kier molecular flexibility index (Phi) is 6.10. The summed E-state index contributed by atoms with van der Waals surface area (Å²) >= 11 is 1.04. The van der Waals surface area contributed by atoms with Crippen molar-refractivity contribution in [3.05, 3.63) is 57.0 Å². The van der Waals surface area contributed by atoms with E-state index in [1.54, 1.807) is 33.3 Å². The first kappa shape index (κ1) is 21.8. The third-order valence-corrected chi connectivity index (χ3v) is 6.26. The third-order valence-electron chi connectivity index (χ3n) is 5.20. The fourth-order valence-corrected chi connectivity index (χ4v) is 4.49. The minimum absolute atomic E-state index is 0.0256. The lowest BCUT2D eigenvalue weighted by molar-refractivity contribution is -0.380. The number of benzene rings is 1. The highest BCUT2D eigenvalue weighted by Crippen LogP contribution is 2.37. The van der Waals surface area contributed by atoms with E-state index >= 15 is 0 Å². The van der Waals surface area contributed by atoms with Gasteiger partial charge in [-0.3, -0.25) is 24.9 Å². The first-order valence-electron chi connectivity index (χ1n) is 9.92. The quantitative estimate of drug-likeness (QED) is 0.383. The van der Waals surface area contributed by atoms with E-state index in [9.17, 15) is 14.9 Å². The van der Waals surface area contributed by atoms with Crippen molar-refractivity contribution in [2.24, 2.45) is 10.9 Å². The van der Waals surface area contributed by atoms with Crippen LogP contribution in [-0.2, 0) is 9.53 Å². The number of nitro groups is 1. The molecular formula is C21H22N4O6S. The van der Waals surface area contributed by atoms with E-state index in [-0.39, 0.29) is 17.6 Å². The molecule has 2 unspecified atom stereocenters. The van der Waals surface area contributed by atoms with Gasteiger partial charge in [0.05, 0.1) is 42.0 Å². The first-order chi connectivity index (χ1) is 15.5. The van der Waals surface area contributed by atoms with Crippen LogP contribution in [0.4, 0.5) is 5.00 Å². The molecule has 1 fully saturated rings. The summed E-state index contributed by atoms with van der Waals surface area (Å²) in [7, 11) is 3.12. The van der Waals surface area contributed by atoms with Crippen LogP contribution in [0.25, 0.3) is 5.70 Å². The molecular weight excluding hydrogens is 436 g/mol. The fourth-order valence-electron chi connectivity index (χ4n) is 3.70. The van der Waals surface area contributed by atoms with Gasteiger partial charge in [-0.2, -0.15) is 0 Å². The first-order valence-corrected chi connectivity index (χ1v) is 10.7. The summed E-state index contributed by atoms with van der Waals surface area (Å²) in [4.78, 5) is 28.7. The maximum absolute atomic E-state index is 12.6. The van der Waals surface area contributed by atoms with Crippen molar-refractivity contribution >= 4 is 33.7 Å². The van der Waals surface area contributed by atoms with Gasteiger partial charge in [0.15, 0.2) is 17.7 Å². The van der Waals surface area contributed by atoms with Crippen LogP contribution in [0.5, 0.6) is 11.5 Å². The van der Waals surface area contributed by atoms with Crippen molar-refractivity contribution in [3.8, 4) is 11.5 Å². The fraction of sp³-hybridized carbons (Fsp3) is 0.333. The molecule has 0 spiro atoms. The van der Waals surface area contributed by atoms with E-state index < -0.39 is 17.0 Å². The van der Waals surface area contributed by atoms with E-state index in [1.165, 1.54) is 6.07 Å². The molecule has 1 aromatic heterocycles. The van der Waals surface area contributed by atoms with Gasteiger partial charge in [-0.15, -0.1) is 0 Å². The molecule has 1 aromatic carbocycles. The Morgan fingerprint density at radius 2 is 2.06 bits per heavy atom. The lowest BCUT2D eigenvalue weighted by atomic mass is 10.0.